The van der Waals surface area contributed by atoms with Gasteiger partial charge in [0.1, 0.15) is 11.6 Å². The number of ether oxygens (including phenoxy) is 1. The van der Waals surface area contributed by atoms with Gasteiger partial charge in [-0.3, -0.25) is 0 Å². The van der Waals surface area contributed by atoms with Gasteiger partial charge in [-0.1, -0.05) is 12.1 Å². The quantitative estimate of drug-likeness (QED) is 0.743. The number of rotatable bonds is 4. The van der Waals surface area contributed by atoms with Gasteiger partial charge >= 0.3 is 5.76 Å². The molecule has 0 saturated carbocycles. The van der Waals surface area contributed by atoms with E-state index in [4.69, 9.17) is 9.15 Å². The number of nitrogens with zero attached hydrogens (tertiary/aromatic N) is 2. The molecule has 0 radical (unpaired) electrons. The van der Waals surface area contributed by atoms with Gasteiger partial charge in [-0.25, -0.2) is 9.18 Å². The summed E-state index contributed by atoms with van der Waals surface area (Å²) >= 11 is 0. The van der Waals surface area contributed by atoms with Crippen LogP contribution in [-0.2, 0) is 6.54 Å². The highest BCUT2D eigenvalue weighted by Gasteiger charge is 2.10. The van der Waals surface area contributed by atoms with Crippen molar-refractivity contribution in [3.63, 3.8) is 0 Å². The van der Waals surface area contributed by atoms with Crippen LogP contribution in [0, 0.1) is 5.82 Å². The van der Waals surface area contributed by atoms with Crippen molar-refractivity contribution in [3.05, 3.63) is 70.5 Å². The zero-order chi connectivity index (χ0) is 15.5. The van der Waals surface area contributed by atoms with Crippen LogP contribution in [0.25, 0.3) is 11.5 Å². The Kier molecular flexibility index (Phi) is 3.74. The van der Waals surface area contributed by atoms with Crippen LogP contribution >= 0.6 is 0 Å². The highest BCUT2D eigenvalue weighted by Crippen LogP contribution is 2.16. The number of halogens is 1. The number of hydrogen-bond acceptors (Lipinski definition) is 4. The maximum absolute atomic E-state index is 12.9. The first-order valence-corrected chi connectivity index (χ1v) is 6.62. The van der Waals surface area contributed by atoms with E-state index in [9.17, 15) is 9.18 Å². The molecule has 1 heterocycles. The first-order chi connectivity index (χ1) is 10.7. The number of methoxy groups -OCH3 is 1. The molecule has 5 nitrogen and oxygen atoms in total. The normalized spacial score (nSPS) is 10.6. The van der Waals surface area contributed by atoms with Crippen molar-refractivity contribution in [2.45, 2.75) is 6.54 Å². The molecule has 3 rings (SSSR count). The summed E-state index contributed by atoms with van der Waals surface area (Å²) in [5, 5.41) is 4.13. The summed E-state index contributed by atoms with van der Waals surface area (Å²) < 4.78 is 24.3. The van der Waals surface area contributed by atoms with E-state index in [2.05, 4.69) is 5.10 Å². The maximum Gasteiger partial charge on any atom is 0.437 e. The molecule has 0 aliphatic rings. The Bertz CT molecular complexity index is 820. The van der Waals surface area contributed by atoms with Crippen molar-refractivity contribution in [2.24, 2.45) is 0 Å². The lowest BCUT2D eigenvalue weighted by atomic mass is 10.2. The summed E-state index contributed by atoms with van der Waals surface area (Å²) in [5.74, 6) is -0.0133. The molecular formula is C16H13FN2O3. The topological polar surface area (TPSA) is 57.3 Å². The summed E-state index contributed by atoms with van der Waals surface area (Å²) in [7, 11) is 1.59. The molecule has 0 fully saturated rings. The van der Waals surface area contributed by atoms with Crippen LogP contribution in [0.1, 0.15) is 5.56 Å². The molecule has 3 aromatic rings. The molecule has 0 amide bonds. The van der Waals surface area contributed by atoms with Crippen LogP contribution in [-0.4, -0.2) is 16.9 Å². The zero-order valence-electron chi connectivity index (χ0n) is 11.8. The molecule has 0 bridgehead atoms. The predicted molar refractivity (Wildman–Crippen MR) is 78.3 cm³/mol. The van der Waals surface area contributed by atoms with Crippen molar-refractivity contribution in [1.29, 1.82) is 0 Å². The van der Waals surface area contributed by atoms with Gasteiger partial charge in [0, 0.05) is 5.56 Å². The largest absolute Gasteiger partial charge is 0.497 e. The first kappa shape index (κ1) is 14.1. The lowest BCUT2D eigenvalue weighted by Gasteiger charge is -2.02. The van der Waals surface area contributed by atoms with Crippen molar-refractivity contribution in [1.82, 2.24) is 9.78 Å². The second-order valence-corrected chi connectivity index (χ2v) is 4.69. The Morgan fingerprint density at radius 2 is 1.82 bits per heavy atom. The molecule has 0 atom stereocenters. The number of hydrogen-bond donors (Lipinski definition) is 0. The van der Waals surface area contributed by atoms with Crippen LogP contribution in [0.15, 0.2) is 57.7 Å². The van der Waals surface area contributed by atoms with Crippen LogP contribution in [0.2, 0.25) is 0 Å². The average Bonchev–Trinajstić information content (AvgIpc) is 2.90. The van der Waals surface area contributed by atoms with E-state index in [1.165, 1.54) is 28.9 Å². The van der Waals surface area contributed by atoms with Crippen molar-refractivity contribution in [2.75, 3.05) is 7.11 Å². The van der Waals surface area contributed by atoms with Crippen LogP contribution in [0.3, 0.4) is 0 Å². The number of aromatic nitrogens is 2. The second kappa shape index (κ2) is 5.85. The van der Waals surface area contributed by atoms with E-state index in [0.29, 0.717) is 5.56 Å². The minimum absolute atomic E-state index is 0.165. The van der Waals surface area contributed by atoms with Gasteiger partial charge in [-0.2, -0.15) is 4.68 Å². The summed E-state index contributed by atoms with van der Waals surface area (Å²) in [4.78, 5) is 11.8. The molecule has 0 unspecified atom stereocenters. The van der Waals surface area contributed by atoms with Gasteiger partial charge in [0.15, 0.2) is 0 Å². The lowest BCUT2D eigenvalue weighted by Crippen LogP contribution is -2.16. The highest BCUT2D eigenvalue weighted by atomic mass is 19.1. The molecule has 0 aliphatic carbocycles. The Morgan fingerprint density at radius 1 is 1.14 bits per heavy atom. The smallest absolute Gasteiger partial charge is 0.437 e. The third kappa shape index (κ3) is 2.90. The third-order valence-electron chi connectivity index (χ3n) is 3.19. The Labute approximate surface area is 125 Å². The van der Waals surface area contributed by atoms with E-state index in [1.54, 1.807) is 19.2 Å². The molecule has 6 heteroatoms. The monoisotopic (exact) mass is 300 g/mol. The van der Waals surface area contributed by atoms with Gasteiger partial charge in [-0.15, -0.1) is 5.10 Å². The van der Waals surface area contributed by atoms with Gasteiger partial charge in [0.05, 0.1) is 13.7 Å². The molecule has 22 heavy (non-hydrogen) atoms. The van der Waals surface area contributed by atoms with Gasteiger partial charge in [0.2, 0.25) is 5.89 Å². The first-order valence-electron chi connectivity index (χ1n) is 6.62. The van der Waals surface area contributed by atoms with E-state index in [0.717, 1.165) is 11.3 Å². The molecule has 0 saturated heterocycles. The second-order valence-electron chi connectivity index (χ2n) is 4.69. The fourth-order valence-corrected chi connectivity index (χ4v) is 2.02. The molecule has 2 aromatic carbocycles. The summed E-state index contributed by atoms with van der Waals surface area (Å²) in [6, 6.07) is 12.9. The zero-order valence-corrected chi connectivity index (χ0v) is 11.8. The van der Waals surface area contributed by atoms with Crippen LogP contribution in [0.4, 0.5) is 4.39 Å². The Hall–Kier alpha value is -2.89. The Balaban J connectivity index is 1.85. The average molecular weight is 300 g/mol. The van der Waals surface area contributed by atoms with Gasteiger partial charge in [0.25, 0.3) is 0 Å². The molecule has 0 spiro atoms. The third-order valence-corrected chi connectivity index (χ3v) is 3.19. The minimum Gasteiger partial charge on any atom is -0.497 e. The van der Waals surface area contributed by atoms with Crippen molar-refractivity contribution in [3.8, 4) is 17.2 Å². The Morgan fingerprint density at radius 3 is 2.45 bits per heavy atom. The highest BCUT2D eigenvalue weighted by molar-refractivity contribution is 5.51. The van der Waals surface area contributed by atoms with E-state index in [1.807, 2.05) is 12.1 Å². The number of benzene rings is 2. The molecular weight excluding hydrogens is 287 g/mol. The van der Waals surface area contributed by atoms with E-state index < -0.39 is 5.76 Å². The molecule has 112 valence electrons. The molecule has 0 N–H and O–H groups in total. The lowest BCUT2D eigenvalue weighted by molar-refractivity contribution is 0.414. The summed E-state index contributed by atoms with van der Waals surface area (Å²) in [5.41, 5.74) is 1.44. The van der Waals surface area contributed by atoms with Crippen molar-refractivity contribution < 1.29 is 13.5 Å². The standard InChI is InChI=1S/C16H13FN2O3/c1-21-14-8-2-11(3-9-14)10-19-16(20)22-15(18-19)12-4-6-13(17)7-5-12/h2-9H,10H2,1H3. The van der Waals surface area contributed by atoms with E-state index >= 15 is 0 Å². The predicted octanol–water partition coefficient (Wildman–Crippen LogP) is 2.70. The summed E-state index contributed by atoms with van der Waals surface area (Å²) in [6.45, 7) is 0.285. The van der Waals surface area contributed by atoms with Crippen LogP contribution in [0.5, 0.6) is 5.75 Å². The van der Waals surface area contributed by atoms with Gasteiger partial charge in [-0.05, 0) is 42.0 Å². The fraction of sp³-hybridized carbons (Fsp3) is 0.125. The molecule has 0 aliphatic heterocycles. The van der Waals surface area contributed by atoms with Crippen LogP contribution < -0.4 is 10.5 Å². The minimum atomic E-state index is -0.560. The SMILES string of the molecule is COc1ccc(Cn2nc(-c3ccc(F)cc3)oc2=O)cc1. The molecule has 1 aromatic heterocycles. The maximum atomic E-state index is 12.9. The fourth-order valence-electron chi connectivity index (χ4n) is 2.02. The summed E-state index contributed by atoms with van der Waals surface area (Å²) in [6.07, 6.45) is 0. The van der Waals surface area contributed by atoms with Gasteiger partial charge < -0.3 is 9.15 Å². The van der Waals surface area contributed by atoms with E-state index in [-0.39, 0.29) is 18.3 Å². The van der Waals surface area contributed by atoms with Crippen molar-refractivity contribution >= 4 is 0 Å².